The number of phosphoric ester groups is 2. The van der Waals surface area contributed by atoms with Crippen LogP contribution in [0.3, 0.4) is 0 Å². The number of esters is 4. The minimum absolute atomic E-state index is 0.0263. The molecule has 0 aliphatic rings. The van der Waals surface area contributed by atoms with Crippen LogP contribution in [0, 0.1) is 0 Å². The number of hydrogen-bond donors (Lipinski definition) is 3. The van der Waals surface area contributed by atoms with Crippen molar-refractivity contribution in [2.24, 2.45) is 0 Å². The van der Waals surface area contributed by atoms with Crippen molar-refractivity contribution >= 4 is 39.5 Å². The Balaban J connectivity index is 5.47. The van der Waals surface area contributed by atoms with E-state index in [-0.39, 0.29) is 25.7 Å². The Morgan fingerprint density at radius 1 is 0.284 bits per heavy atom. The molecule has 0 rings (SSSR count). The number of rotatable bonds is 70. The fraction of sp³-hybridized carbons (Fsp3) is 0.614. The van der Waals surface area contributed by atoms with Crippen LogP contribution < -0.4 is 0 Å². The van der Waals surface area contributed by atoms with Crippen molar-refractivity contribution in [2.75, 3.05) is 39.6 Å². The molecule has 5 atom stereocenters. The lowest BCUT2D eigenvalue weighted by Crippen LogP contribution is -2.30. The summed E-state index contributed by atoms with van der Waals surface area (Å²) in [6.45, 7) is 4.36. The molecule has 0 spiro atoms. The summed E-state index contributed by atoms with van der Waals surface area (Å²) in [5, 5.41) is 10.6. The molecule has 0 fully saturated rings. The lowest BCUT2D eigenvalue weighted by Gasteiger charge is -2.21. The lowest BCUT2D eigenvalue weighted by atomic mass is 10.1. The first-order valence-corrected chi connectivity index (χ1v) is 41.4. The van der Waals surface area contributed by atoms with Gasteiger partial charge in [-0.05, 0) is 154 Å². The summed E-state index contributed by atoms with van der Waals surface area (Å²) < 4.78 is 68.3. The van der Waals surface area contributed by atoms with Gasteiger partial charge in [-0.15, -0.1) is 0 Å². The number of unbranched alkanes of at least 4 members (excludes halogenated alkanes) is 16. The van der Waals surface area contributed by atoms with Gasteiger partial charge in [0.25, 0.3) is 0 Å². The molecule has 578 valence electrons. The fourth-order valence-electron chi connectivity index (χ4n) is 9.37. The van der Waals surface area contributed by atoms with Crippen LogP contribution in [0.2, 0.25) is 0 Å². The largest absolute Gasteiger partial charge is 0.472 e. The van der Waals surface area contributed by atoms with Crippen LogP contribution >= 0.6 is 15.6 Å². The monoisotopic (exact) mass is 1460 g/mol. The fourth-order valence-corrected chi connectivity index (χ4v) is 11.0. The molecule has 0 radical (unpaired) electrons. The molecule has 0 bridgehead atoms. The summed E-state index contributed by atoms with van der Waals surface area (Å²) in [5.41, 5.74) is 0. The molecule has 0 amide bonds. The normalized spacial score (nSPS) is 14.9. The maximum absolute atomic E-state index is 13.1. The van der Waals surface area contributed by atoms with E-state index in [0.29, 0.717) is 38.5 Å². The predicted octanol–water partition coefficient (Wildman–Crippen LogP) is 22.2. The van der Waals surface area contributed by atoms with Gasteiger partial charge < -0.3 is 33.8 Å². The van der Waals surface area contributed by atoms with Crippen molar-refractivity contribution in [3.05, 3.63) is 170 Å². The second-order valence-electron chi connectivity index (χ2n) is 24.8. The first-order chi connectivity index (χ1) is 49.7. The van der Waals surface area contributed by atoms with Gasteiger partial charge in [0.05, 0.1) is 26.4 Å². The second kappa shape index (κ2) is 73.7. The third kappa shape index (κ3) is 72.8. The van der Waals surface area contributed by atoms with E-state index in [1.807, 2.05) is 30.4 Å². The molecule has 17 nitrogen and oxygen atoms in total. The Morgan fingerprint density at radius 3 is 0.922 bits per heavy atom. The predicted molar refractivity (Wildman–Crippen MR) is 417 cm³/mol. The van der Waals surface area contributed by atoms with Crippen molar-refractivity contribution in [1.29, 1.82) is 0 Å². The molecule has 0 aliphatic heterocycles. The topological polar surface area (TPSA) is 237 Å². The van der Waals surface area contributed by atoms with Crippen LogP contribution in [0.4, 0.5) is 0 Å². The molecule has 0 saturated heterocycles. The average molecular weight is 1470 g/mol. The molecular weight excluding hydrogens is 1330 g/mol. The zero-order valence-corrected chi connectivity index (χ0v) is 64.8. The summed E-state index contributed by atoms with van der Waals surface area (Å²) in [6.07, 6.45) is 86.6. The Kier molecular flexibility index (Phi) is 69.7. The van der Waals surface area contributed by atoms with Gasteiger partial charge in [-0.1, -0.05) is 262 Å². The Bertz CT molecular complexity index is 2600. The Morgan fingerprint density at radius 2 is 0.559 bits per heavy atom. The number of allylic oxidation sites excluding steroid dienone is 28. The van der Waals surface area contributed by atoms with E-state index in [9.17, 15) is 43.2 Å². The minimum atomic E-state index is -5.01. The number of carbonyl (C=O) groups is 4. The van der Waals surface area contributed by atoms with Gasteiger partial charge in [0.2, 0.25) is 0 Å². The molecule has 19 heteroatoms. The summed E-state index contributed by atoms with van der Waals surface area (Å²) >= 11 is 0. The summed E-state index contributed by atoms with van der Waals surface area (Å²) in [7, 11) is -10.0. The number of hydrogen-bond acceptors (Lipinski definition) is 15. The van der Waals surface area contributed by atoms with Crippen molar-refractivity contribution in [2.45, 2.75) is 290 Å². The smallest absolute Gasteiger partial charge is 0.462 e. The second-order valence-corrected chi connectivity index (χ2v) is 27.7. The van der Waals surface area contributed by atoms with Crippen LogP contribution in [0.25, 0.3) is 0 Å². The summed E-state index contributed by atoms with van der Waals surface area (Å²) in [6, 6.07) is 0. The van der Waals surface area contributed by atoms with E-state index >= 15 is 0 Å². The first kappa shape index (κ1) is 96.4. The number of carbonyl (C=O) groups excluding carboxylic acids is 4. The van der Waals surface area contributed by atoms with Crippen molar-refractivity contribution < 1.29 is 80.2 Å². The number of aliphatic hydroxyl groups excluding tert-OH is 1. The molecule has 0 aliphatic carbocycles. The van der Waals surface area contributed by atoms with Gasteiger partial charge in [0.1, 0.15) is 19.3 Å². The maximum atomic E-state index is 13.1. The van der Waals surface area contributed by atoms with E-state index < -0.39 is 97.5 Å². The van der Waals surface area contributed by atoms with E-state index in [2.05, 4.69) is 167 Å². The van der Waals surface area contributed by atoms with Crippen LogP contribution in [0.1, 0.15) is 272 Å². The van der Waals surface area contributed by atoms with Crippen LogP contribution in [-0.2, 0) is 65.4 Å². The molecule has 0 aromatic heterocycles. The highest BCUT2D eigenvalue weighted by Crippen LogP contribution is 2.45. The summed E-state index contributed by atoms with van der Waals surface area (Å²) in [5.74, 6) is -2.38. The van der Waals surface area contributed by atoms with Gasteiger partial charge in [-0.2, -0.15) is 0 Å². The SMILES string of the molecule is CC/C=C\C/C=C\C/C=C\C/C=C\C/C=C\C/C=C\CCC(=O)OCC(COP(=O)(O)OCC(O)COP(=O)(O)OCC(COC(=O)CCC/C=C\C/C=C\C/C=C\C/C=C\C/C=C\CC)OC(=O)CCCCCCC/C=C\CCCCCC)OC(=O)CCCCCCC/C=C\C/C=C\CCC. The lowest BCUT2D eigenvalue weighted by molar-refractivity contribution is -0.161. The van der Waals surface area contributed by atoms with Crippen LogP contribution in [-0.4, -0.2) is 96.7 Å². The van der Waals surface area contributed by atoms with Crippen LogP contribution in [0.15, 0.2) is 170 Å². The zero-order valence-electron chi connectivity index (χ0n) is 63.0. The number of ether oxygens (including phenoxy) is 4. The standard InChI is InChI=1S/C83H134O17P2/c1-5-9-13-17-21-25-29-33-35-37-38-40-42-46-48-52-56-60-64-68-81(86)94-74-79(100-83(88)70-66-62-58-54-50-44-32-28-24-20-16-12-8-4)76-98-102(91,92)96-72-77(84)71-95-101(89,90)97-75-78(99-82(87)69-65-61-57-53-49-43-31-27-23-19-15-11-7-3)73-93-80(85)67-63-59-55-51-47-45-41-39-36-34-30-26-22-18-14-10-6-2/h9-10,13-14,16,20-22,25-28,31-36,38,40-41,45-46,48,51,55-56,60,77-79,84H,5-8,11-12,15,17-19,23-24,29-30,37,39,42-44,47,49-50,52-54,57-59,61-76H2,1-4H3,(H,89,90)(H,91,92)/b13-9-,14-10-,20-16-,25-21-,26-22-,31-27-,32-28-,35-33-,36-34-,40-38-,45-41-,48-46-,55-51-,60-56-. The summed E-state index contributed by atoms with van der Waals surface area (Å²) in [4.78, 5) is 72.8. The van der Waals surface area contributed by atoms with E-state index in [1.54, 1.807) is 0 Å². The van der Waals surface area contributed by atoms with E-state index in [0.717, 1.165) is 154 Å². The first-order valence-electron chi connectivity index (χ1n) is 38.4. The molecule has 5 unspecified atom stereocenters. The molecule has 0 aromatic rings. The van der Waals surface area contributed by atoms with Crippen molar-refractivity contribution in [1.82, 2.24) is 0 Å². The molecular formula is C83H134O17P2. The van der Waals surface area contributed by atoms with Gasteiger partial charge in [0, 0.05) is 25.7 Å². The zero-order chi connectivity index (χ0) is 74.6. The quantitative estimate of drug-likeness (QED) is 0.0169. The minimum Gasteiger partial charge on any atom is -0.462 e. The molecule has 0 aromatic carbocycles. The van der Waals surface area contributed by atoms with E-state index in [1.165, 1.54) is 25.7 Å². The van der Waals surface area contributed by atoms with Gasteiger partial charge in [-0.3, -0.25) is 37.3 Å². The molecule has 102 heavy (non-hydrogen) atoms. The van der Waals surface area contributed by atoms with Crippen molar-refractivity contribution in [3.8, 4) is 0 Å². The van der Waals surface area contributed by atoms with Crippen molar-refractivity contribution in [3.63, 3.8) is 0 Å². The molecule has 3 N–H and O–H groups in total. The highest BCUT2D eigenvalue weighted by atomic mass is 31.2. The van der Waals surface area contributed by atoms with Gasteiger partial charge in [0.15, 0.2) is 12.2 Å². The third-order valence-corrected chi connectivity index (χ3v) is 17.0. The molecule has 0 heterocycles. The number of phosphoric acid groups is 2. The highest BCUT2D eigenvalue weighted by Gasteiger charge is 2.30. The average Bonchev–Trinajstić information content (AvgIpc) is 0.909. The maximum Gasteiger partial charge on any atom is 0.472 e. The third-order valence-electron chi connectivity index (χ3n) is 15.1. The Hall–Kier alpha value is -5.58. The van der Waals surface area contributed by atoms with Gasteiger partial charge in [-0.25, -0.2) is 9.13 Å². The van der Waals surface area contributed by atoms with E-state index in [4.69, 9.17) is 37.0 Å². The van der Waals surface area contributed by atoms with Crippen LogP contribution in [0.5, 0.6) is 0 Å². The number of aliphatic hydroxyl groups is 1. The Labute approximate surface area is 616 Å². The highest BCUT2D eigenvalue weighted by molar-refractivity contribution is 7.47. The van der Waals surface area contributed by atoms with Gasteiger partial charge >= 0.3 is 39.5 Å². The molecule has 0 saturated carbocycles.